The molecule has 0 unspecified atom stereocenters. The van der Waals surface area contributed by atoms with Crippen molar-refractivity contribution >= 4 is 5.91 Å². The largest absolute Gasteiger partial charge is 0.383 e. The average molecular weight is 327 g/mol. The van der Waals surface area contributed by atoms with Gasteiger partial charge in [-0.3, -0.25) is 9.89 Å². The van der Waals surface area contributed by atoms with Crippen molar-refractivity contribution in [3.63, 3.8) is 0 Å². The Morgan fingerprint density at radius 3 is 2.71 bits per heavy atom. The molecule has 1 amide bonds. The minimum absolute atomic E-state index is 0.139. The number of nitrogens with zero attached hydrogens (tertiary/aromatic N) is 2. The van der Waals surface area contributed by atoms with E-state index in [4.69, 9.17) is 0 Å². The van der Waals surface area contributed by atoms with Crippen LogP contribution in [-0.2, 0) is 4.79 Å². The standard InChI is InChI=1S/C19H25N3O2/c1-3-17(23)19(24)22-10-8-14(9-11-22)18-16(12-20-21-18)15-7-5-4-6-13(15)2/h4-7,12,14,17,23H,3,8-11H2,1-2H3,(H,20,21)/t17-/m0/s1. The third-order valence-corrected chi connectivity index (χ3v) is 4.99. The molecule has 1 atom stereocenters. The Balaban J connectivity index is 1.74. The van der Waals surface area contributed by atoms with Gasteiger partial charge in [0.05, 0.1) is 6.20 Å². The number of aliphatic hydroxyl groups excluding tert-OH is 1. The number of likely N-dealkylation sites (tertiary alicyclic amines) is 1. The Hall–Kier alpha value is -2.14. The summed E-state index contributed by atoms with van der Waals surface area (Å²) in [6.45, 7) is 5.31. The van der Waals surface area contributed by atoms with Gasteiger partial charge in [0.1, 0.15) is 6.10 Å². The maximum atomic E-state index is 12.1. The smallest absolute Gasteiger partial charge is 0.251 e. The predicted molar refractivity (Wildman–Crippen MR) is 93.6 cm³/mol. The molecule has 1 fully saturated rings. The highest BCUT2D eigenvalue weighted by Crippen LogP contribution is 2.35. The Bertz CT molecular complexity index is 702. The van der Waals surface area contributed by atoms with E-state index in [0.29, 0.717) is 25.4 Å². The summed E-state index contributed by atoms with van der Waals surface area (Å²) in [5.74, 6) is 0.226. The SMILES string of the molecule is CC[C@H](O)C(=O)N1CCC(c2[nH]ncc2-c2ccccc2C)CC1. The van der Waals surface area contributed by atoms with Gasteiger partial charge in [0.15, 0.2) is 0 Å². The van der Waals surface area contributed by atoms with E-state index >= 15 is 0 Å². The summed E-state index contributed by atoms with van der Waals surface area (Å²) in [6.07, 6.45) is 3.29. The third-order valence-electron chi connectivity index (χ3n) is 4.99. The van der Waals surface area contributed by atoms with Crippen molar-refractivity contribution in [2.24, 2.45) is 0 Å². The summed E-state index contributed by atoms with van der Waals surface area (Å²) in [4.78, 5) is 13.9. The van der Waals surface area contributed by atoms with E-state index in [1.165, 1.54) is 11.1 Å². The first-order valence-corrected chi connectivity index (χ1v) is 8.68. The molecule has 0 radical (unpaired) electrons. The third kappa shape index (κ3) is 3.22. The van der Waals surface area contributed by atoms with E-state index in [1.807, 2.05) is 25.3 Å². The zero-order valence-electron chi connectivity index (χ0n) is 14.3. The number of H-pyrrole nitrogens is 1. The van der Waals surface area contributed by atoms with E-state index in [-0.39, 0.29) is 5.91 Å². The number of carbonyl (C=O) groups excluding carboxylic acids is 1. The number of hydrogen-bond acceptors (Lipinski definition) is 3. The minimum atomic E-state index is -0.865. The number of aliphatic hydroxyl groups is 1. The molecule has 0 saturated carbocycles. The van der Waals surface area contributed by atoms with Gasteiger partial charge in [-0.25, -0.2) is 0 Å². The van der Waals surface area contributed by atoms with Crippen LogP contribution in [0, 0.1) is 6.92 Å². The fourth-order valence-corrected chi connectivity index (χ4v) is 3.47. The van der Waals surface area contributed by atoms with Gasteiger partial charge in [0.25, 0.3) is 5.91 Å². The molecule has 3 rings (SSSR count). The molecule has 0 spiro atoms. The summed E-state index contributed by atoms with van der Waals surface area (Å²) < 4.78 is 0. The van der Waals surface area contributed by atoms with Crippen LogP contribution in [0.5, 0.6) is 0 Å². The van der Waals surface area contributed by atoms with Crippen LogP contribution in [0.4, 0.5) is 0 Å². The molecule has 0 bridgehead atoms. The molecule has 1 aromatic heterocycles. The van der Waals surface area contributed by atoms with Crippen LogP contribution >= 0.6 is 0 Å². The van der Waals surface area contributed by atoms with Crippen molar-refractivity contribution < 1.29 is 9.90 Å². The first-order chi connectivity index (χ1) is 11.6. The molecular weight excluding hydrogens is 302 g/mol. The second-order valence-corrected chi connectivity index (χ2v) is 6.54. The lowest BCUT2D eigenvalue weighted by molar-refractivity contribution is -0.141. The second-order valence-electron chi connectivity index (χ2n) is 6.54. The maximum absolute atomic E-state index is 12.1. The average Bonchev–Trinajstić information content (AvgIpc) is 3.10. The lowest BCUT2D eigenvalue weighted by atomic mass is 9.88. The molecule has 1 aliphatic heterocycles. The Kier molecular flexibility index (Phi) is 5.00. The van der Waals surface area contributed by atoms with Gasteiger partial charge in [-0.05, 0) is 37.3 Å². The Morgan fingerprint density at radius 1 is 1.33 bits per heavy atom. The maximum Gasteiger partial charge on any atom is 0.251 e. The molecule has 5 nitrogen and oxygen atoms in total. The van der Waals surface area contributed by atoms with Crippen LogP contribution in [0.15, 0.2) is 30.5 Å². The van der Waals surface area contributed by atoms with Gasteiger partial charge in [0, 0.05) is 30.3 Å². The number of piperidine rings is 1. The summed E-state index contributed by atoms with van der Waals surface area (Å²) >= 11 is 0. The molecule has 2 heterocycles. The highest BCUT2D eigenvalue weighted by atomic mass is 16.3. The van der Waals surface area contributed by atoms with Crippen LogP contribution in [0.25, 0.3) is 11.1 Å². The Morgan fingerprint density at radius 2 is 2.04 bits per heavy atom. The molecule has 2 aromatic rings. The highest BCUT2D eigenvalue weighted by Gasteiger charge is 2.29. The number of carbonyl (C=O) groups is 1. The van der Waals surface area contributed by atoms with Crippen molar-refractivity contribution in [2.45, 2.75) is 45.1 Å². The normalized spacial score (nSPS) is 17.0. The number of aryl methyl sites for hydroxylation is 1. The molecular formula is C19H25N3O2. The van der Waals surface area contributed by atoms with Crippen molar-refractivity contribution in [3.8, 4) is 11.1 Å². The van der Waals surface area contributed by atoms with Crippen LogP contribution in [-0.4, -0.2) is 45.3 Å². The van der Waals surface area contributed by atoms with Crippen molar-refractivity contribution in [3.05, 3.63) is 41.7 Å². The first-order valence-electron chi connectivity index (χ1n) is 8.68. The van der Waals surface area contributed by atoms with E-state index in [2.05, 4.69) is 29.3 Å². The number of rotatable bonds is 4. The molecule has 2 N–H and O–H groups in total. The fourth-order valence-electron chi connectivity index (χ4n) is 3.47. The number of amides is 1. The zero-order valence-corrected chi connectivity index (χ0v) is 14.3. The van der Waals surface area contributed by atoms with E-state index in [1.54, 1.807) is 4.90 Å². The number of benzene rings is 1. The monoisotopic (exact) mass is 327 g/mol. The minimum Gasteiger partial charge on any atom is -0.383 e. The van der Waals surface area contributed by atoms with Crippen molar-refractivity contribution in [2.75, 3.05) is 13.1 Å². The van der Waals surface area contributed by atoms with E-state index < -0.39 is 6.10 Å². The van der Waals surface area contributed by atoms with Crippen molar-refractivity contribution in [1.82, 2.24) is 15.1 Å². The van der Waals surface area contributed by atoms with Crippen LogP contribution < -0.4 is 0 Å². The number of aromatic nitrogens is 2. The number of nitrogens with one attached hydrogen (secondary N) is 1. The molecule has 1 aromatic carbocycles. The summed E-state index contributed by atoms with van der Waals surface area (Å²) in [6, 6.07) is 8.33. The quantitative estimate of drug-likeness (QED) is 0.907. The van der Waals surface area contributed by atoms with Crippen molar-refractivity contribution in [1.29, 1.82) is 0 Å². The predicted octanol–water partition coefficient (Wildman–Crippen LogP) is 2.86. The summed E-state index contributed by atoms with van der Waals surface area (Å²) in [7, 11) is 0. The van der Waals surface area contributed by atoms with E-state index in [0.717, 1.165) is 24.1 Å². The van der Waals surface area contributed by atoms with Gasteiger partial charge >= 0.3 is 0 Å². The van der Waals surface area contributed by atoms with Crippen LogP contribution in [0.2, 0.25) is 0 Å². The van der Waals surface area contributed by atoms with Crippen LogP contribution in [0.3, 0.4) is 0 Å². The number of aromatic amines is 1. The zero-order chi connectivity index (χ0) is 17.1. The van der Waals surface area contributed by atoms with Gasteiger partial charge in [0.2, 0.25) is 0 Å². The second kappa shape index (κ2) is 7.18. The Labute approximate surface area is 142 Å². The van der Waals surface area contributed by atoms with Crippen LogP contribution in [0.1, 0.15) is 43.4 Å². The highest BCUT2D eigenvalue weighted by molar-refractivity contribution is 5.80. The van der Waals surface area contributed by atoms with E-state index in [9.17, 15) is 9.90 Å². The van der Waals surface area contributed by atoms with Gasteiger partial charge in [-0.1, -0.05) is 31.2 Å². The number of hydrogen-bond donors (Lipinski definition) is 2. The first kappa shape index (κ1) is 16.7. The topological polar surface area (TPSA) is 69.2 Å². The summed E-state index contributed by atoms with van der Waals surface area (Å²) in [5, 5.41) is 17.2. The van der Waals surface area contributed by atoms with Gasteiger partial charge in [-0.15, -0.1) is 0 Å². The molecule has 0 aliphatic carbocycles. The van der Waals surface area contributed by atoms with Gasteiger partial charge in [-0.2, -0.15) is 5.10 Å². The molecule has 24 heavy (non-hydrogen) atoms. The van der Waals surface area contributed by atoms with Gasteiger partial charge < -0.3 is 10.0 Å². The molecule has 1 saturated heterocycles. The lowest BCUT2D eigenvalue weighted by Gasteiger charge is -2.33. The fraction of sp³-hybridized carbons (Fsp3) is 0.474. The molecule has 5 heteroatoms. The lowest BCUT2D eigenvalue weighted by Crippen LogP contribution is -2.43. The summed E-state index contributed by atoms with van der Waals surface area (Å²) in [5.41, 5.74) is 4.76. The molecule has 1 aliphatic rings. The molecule has 128 valence electrons.